The van der Waals surface area contributed by atoms with Crippen LogP contribution in [0.3, 0.4) is 0 Å². The molecule has 0 amide bonds. The van der Waals surface area contributed by atoms with Crippen molar-refractivity contribution in [1.29, 1.82) is 0 Å². The van der Waals surface area contributed by atoms with Gasteiger partial charge in [0.2, 0.25) is 0 Å². The van der Waals surface area contributed by atoms with E-state index in [0.717, 1.165) is 18.7 Å². The highest BCUT2D eigenvalue weighted by Crippen LogP contribution is 2.27. The predicted molar refractivity (Wildman–Crippen MR) is 80.8 cm³/mol. The minimum Gasteiger partial charge on any atom is -0.492 e. The molecule has 20 heavy (non-hydrogen) atoms. The van der Waals surface area contributed by atoms with Gasteiger partial charge in [0.05, 0.1) is 25.0 Å². The highest BCUT2D eigenvalue weighted by molar-refractivity contribution is 5.54. The van der Waals surface area contributed by atoms with Crippen molar-refractivity contribution in [3.63, 3.8) is 0 Å². The molecular weight excluding hydrogens is 256 g/mol. The summed E-state index contributed by atoms with van der Waals surface area (Å²) in [6.45, 7) is 6.89. The van der Waals surface area contributed by atoms with Gasteiger partial charge in [0.15, 0.2) is 0 Å². The quantitative estimate of drug-likeness (QED) is 0.597. The summed E-state index contributed by atoms with van der Waals surface area (Å²) in [6.07, 6.45) is 0.0575. The number of aliphatic hydroxyl groups excluding tert-OH is 2. The Morgan fingerprint density at radius 2 is 2.05 bits per heavy atom. The van der Waals surface area contributed by atoms with Gasteiger partial charge in [0.1, 0.15) is 5.75 Å². The summed E-state index contributed by atoms with van der Waals surface area (Å²) < 4.78 is 5.38. The van der Waals surface area contributed by atoms with E-state index in [1.54, 1.807) is 12.1 Å². The number of nitrogens with two attached hydrogens (primary N) is 1. The van der Waals surface area contributed by atoms with E-state index in [-0.39, 0.29) is 6.61 Å². The van der Waals surface area contributed by atoms with Crippen LogP contribution < -0.4 is 10.5 Å². The molecular formula is C15H26N2O3. The van der Waals surface area contributed by atoms with E-state index in [4.69, 9.17) is 15.6 Å². The van der Waals surface area contributed by atoms with Crippen molar-refractivity contribution >= 4 is 5.69 Å². The minimum atomic E-state index is -0.555. The number of hydrogen-bond acceptors (Lipinski definition) is 5. The zero-order chi connectivity index (χ0) is 15.0. The second-order valence-corrected chi connectivity index (χ2v) is 4.69. The molecule has 1 unspecified atom stereocenters. The maximum Gasteiger partial charge on any atom is 0.142 e. The van der Waals surface area contributed by atoms with E-state index in [2.05, 4.69) is 4.90 Å². The standard InChI is InChI=1S/C15H26N2O3/c1-3-17(9-10-18)8-7-14(19)12-5-6-15(20-4-2)13(16)11-12/h5-6,11,14,18-19H,3-4,7-10,16H2,1-2H3. The lowest BCUT2D eigenvalue weighted by Gasteiger charge is -2.21. The van der Waals surface area contributed by atoms with Crippen LogP contribution in [-0.2, 0) is 0 Å². The van der Waals surface area contributed by atoms with Gasteiger partial charge in [-0.3, -0.25) is 0 Å². The fraction of sp³-hybridized carbons (Fsp3) is 0.600. The smallest absolute Gasteiger partial charge is 0.142 e. The van der Waals surface area contributed by atoms with Crippen molar-refractivity contribution in [2.45, 2.75) is 26.4 Å². The minimum absolute atomic E-state index is 0.139. The summed E-state index contributed by atoms with van der Waals surface area (Å²) in [5.74, 6) is 0.652. The first-order valence-corrected chi connectivity index (χ1v) is 7.15. The summed E-state index contributed by atoms with van der Waals surface area (Å²) in [4.78, 5) is 2.10. The van der Waals surface area contributed by atoms with Crippen LogP contribution in [-0.4, -0.2) is 48.0 Å². The first-order valence-electron chi connectivity index (χ1n) is 7.15. The number of likely N-dealkylation sites (N-methyl/N-ethyl adjacent to an activating group) is 1. The van der Waals surface area contributed by atoms with Gasteiger partial charge in [-0.25, -0.2) is 0 Å². The number of nitrogen functional groups attached to an aromatic ring is 1. The third kappa shape index (κ3) is 5.00. The van der Waals surface area contributed by atoms with Gasteiger partial charge < -0.3 is 25.6 Å². The van der Waals surface area contributed by atoms with Gasteiger partial charge in [0.25, 0.3) is 0 Å². The van der Waals surface area contributed by atoms with Crippen molar-refractivity contribution in [3.8, 4) is 5.75 Å². The molecule has 4 N–H and O–H groups in total. The Kier molecular flexibility index (Phi) is 7.36. The Bertz CT molecular complexity index is 399. The van der Waals surface area contributed by atoms with Crippen LogP contribution in [0, 0.1) is 0 Å². The van der Waals surface area contributed by atoms with Gasteiger partial charge in [-0.05, 0) is 37.6 Å². The van der Waals surface area contributed by atoms with Crippen LogP contribution in [0.5, 0.6) is 5.75 Å². The van der Waals surface area contributed by atoms with Crippen LogP contribution in [0.4, 0.5) is 5.69 Å². The predicted octanol–water partition coefficient (Wildman–Crippen LogP) is 1.41. The fourth-order valence-corrected chi connectivity index (χ4v) is 2.10. The fourth-order valence-electron chi connectivity index (χ4n) is 2.10. The Balaban J connectivity index is 2.58. The number of rotatable bonds is 9. The van der Waals surface area contributed by atoms with E-state index in [9.17, 15) is 5.11 Å². The van der Waals surface area contributed by atoms with Gasteiger partial charge in [-0.15, -0.1) is 0 Å². The molecule has 0 saturated heterocycles. The summed E-state index contributed by atoms with van der Waals surface area (Å²) >= 11 is 0. The first-order chi connectivity index (χ1) is 9.62. The van der Waals surface area contributed by atoms with Crippen LogP contribution in [0.25, 0.3) is 0 Å². The molecule has 1 rings (SSSR count). The van der Waals surface area contributed by atoms with Crippen LogP contribution in [0.1, 0.15) is 31.9 Å². The zero-order valence-corrected chi connectivity index (χ0v) is 12.4. The van der Waals surface area contributed by atoms with Crippen molar-refractivity contribution in [1.82, 2.24) is 4.90 Å². The molecule has 5 heteroatoms. The largest absolute Gasteiger partial charge is 0.492 e. The molecule has 0 saturated carbocycles. The monoisotopic (exact) mass is 282 g/mol. The number of hydrogen-bond donors (Lipinski definition) is 3. The zero-order valence-electron chi connectivity index (χ0n) is 12.4. The Morgan fingerprint density at radius 3 is 2.60 bits per heavy atom. The summed E-state index contributed by atoms with van der Waals surface area (Å²) in [5, 5.41) is 19.1. The third-order valence-corrected chi connectivity index (χ3v) is 3.30. The van der Waals surface area contributed by atoms with E-state index in [0.29, 0.717) is 31.0 Å². The molecule has 1 atom stereocenters. The summed E-state index contributed by atoms with van der Waals surface area (Å²) in [6, 6.07) is 5.40. The Labute approximate surface area is 121 Å². The molecule has 1 aromatic rings. The van der Waals surface area contributed by atoms with E-state index < -0.39 is 6.10 Å². The van der Waals surface area contributed by atoms with Crippen molar-refractivity contribution in [2.75, 3.05) is 38.6 Å². The van der Waals surface area contributed by atoms with Crippen molar-refractivity contribution < 1.29 is 14.9 Å². The molecule has 0 radical (unpaired) electrons. The lowest BCUT2D eigenvalue weighted by Crippen LogP contribution is -2.28. The molecule has 0 aliphatic heterocycles. The average molecular weight is 282 g/mol. The lowest BCUT2D eigenvalue weighted by molar-refractivity contribution is 0.133. The maximum atomic E-state index is 10.2. The van der Waals surface area contributed by atoms with Crippen molar-refractivity contribution in [3.05, 3.63) is 23.8 Å². The second kappa shape index (κ2) is 8.79. The molecule has 114 valence electrons. The average Bonchev–Trinajstić information content (AvgIpc) is 2.45. The number of benzene rings is 1. The highest BCUT2D eigenvalue weighted by atomic mass is 16.5. The highest BCUT2D eigenvalue weighted by Gasteiger charge is 2.12. The summed E-state index contributed by atoms with van der Waals surface area (Å²) in [5.41, 5.74) is 7.24. The first kappa shape index (κ1) is 16.8. The Morgan fingerprint density at radius 1 is 1.30 bits per heavy atom. The van der Waals surface area contributed by atoms with E-state index in [1.807, 2.05) is 19.9 Å². The summed E-state index contributed by atoms with van der Waals surface area (Å²) in [7, 11) is 0. The van der Waals surface area contributed by atoms with Gasteiger partial charge in [-0.1, -0.05) is 13.0 Å². The maximum absolute atomic E-state index is 10.2. The number of ether oxygens (including phenoxy) is 1. The van der Waals surface area contributed by atoms with Crippen molar-refractivity contribution in [2.24, 2.45) is 0 Å². The number of nitrogens with zero attached hydrogens (tertiary/aromatic N) is 1. The second-order valence-electron chi connectivity index (χ2n) is 4.69. The van der Waals surface area contributed by atoms with E-state index in [1.165, 1.54) is 0 Å². The van der Waals surface area contributed by atoms with E-state index >= 15 is 0 Å². The third-order valence-electron chi connectivity index (χ3n) is 3.30. The molecule has 0 bridgehead atoms. The molecule has 0 fully saturated rings. The molecule has 0 heterocycles. The van der Waals surface area contributed by atoms with Gasteiger partial charge >= 0.3 is 0 Å². The normalized spacial score (nSPS) is 12.7. The van der Waals surface area contributed by atoms with Crippen LogP contribution in [0.15, 0.2) is 18.2 Å². The molecule has 0 aromatic heterocycles. The lowest BCUT2D eigenvalue weighted by atomic mass is 10.1. The topological polar surface area (TPSA) is 79.0 Å². The number of aliphatic hydroxyl groups is 2. The molecule has 0 aliphatic rings. The number of anilines is 1. The van der Waals surface area contributed by atoms with Crippen LogP contribution in [0.2, 0.25) is 0 Å². The van der Waals surface area contributed by atoms with Crippen LogP contribution >= 0.6 is 0 Å². The molecule has 0 spiro atoms. The molecule has 0 aliphatic carbocycles. The van der Waals surface area contributed by atoms with Gasteiger partial charge in [0, 0.05) is 13.1 Å². The molecule has 1 aromatic carbocycles. The SMILES string of the molecule is CCOc1ccc(C(O)CCN(CC)CCO)cc1N. The molecule has 5 nitrogen and oxygen atoms in total. The Hall–Kier alpha value is -1.30. The van der Waals surface area contributed by atoms with Gasteiger partial charge in [-0.2, -0.15) is 0 Å².